The van der Waals surface area contributed by atoms with Crippen molar-refractivity contribution in [2.24, 2.45) is 0 Å². The van der Waals surface area contributed by atoms with Crippen molar-refractivity contribution >= 4 is 49.4 Å². The van der Waals surface area contributed by atoms with Crippen LogP contribution in [0.25, 0.3) is 99.9 Å². The van der Waals surface area contributed by atoms with E-state index in [-0.39, 0.29) is 0 Å². The Balaban J connectivity index is 1.12. The van der Waals surface area contributed by atoms with Gasteiger partial charge in [0.05, 0.1) is 11.0 Å². The predicted octanol–water partition coefficient (Wildman–Crippen LogP) is 14.1. The fraction of sp³-hybridized carbons (Fsp3) is 0.0377. The molecule has 2 nitrogen and oxygen atoms in total. The maximum atomic E-state index is 5.07. The fourth-order valence-corrected chi connectivity index (χ4v) is 8.78. The van der Waals surface area contributed by atoms with Crippen molar-refractivity contribution in [1.82, 2.24) is 9.55 Å². The Morgan fingerprint density at radius 1 is 0.436 bits per heavy atom. The molecule has 0 saturated heterocycles. The first-order chi connectivity index (χ1) is 27.3. The average molecular weight is 701 g/mol. The van der Waals surface area contributed by atoms with Gasteiger partial charge in [0.25, 0.3) is 0 Å². The van der Waals surface area contributed by atoms with E-state index in [0.717, 1.165) is 41.0 Å². The number of hydrogen-bond acceptors (Lipinski definition) is 1. The third kappa shape index (κ3) is 5.29. The van der Waals surface area contributed by atoms with Gasteiger partial charge in [-0.05, 0) is 132 Å². The van der Waals surface area contributed by atoms with Gasteiger partial charge in [0.1, 0.15) is 5.82 Å². The maximum absolute atomic E-state index is 5.07. The molecule has 1 aliphatic rings. The summed E-state index contributed by atoms with van der Waals surface area (Å²) in [6.45, 7) is 0. The van der Waals surface area contributed by atoms with E-state index in [1.54, 1.807) is 0 Å². The van der Waals surface area contributed by atoms with E-state index < -0.39 is 0 Å². The minimum absolute atomic E-state index is 0.942. The summed E-state index contributed by atoms with van der Waals surface area (Å²) < 4.78 is 2.28. The van der Waals surface area contributed by atoms with Crippen molar-refractivity contribution < 1.29 is 0 Å². The van der Waals surface area contributed by atoms with Gasteiger partial charge in [0, 0.05) is 11.3 Å². The zero-order valence-electron chi connectivity index (χ0n) is 30.3. The van der Waals surface area contributed by atoms with Gasteiger partial charge in [-0.25, -0.2) is 4.98 Å². The summed E-state index contributed by atoms with van der Waals surface area (Å²) in [6.07, 6.45) is 6.81. The van der Waals surface area contributed by atoms with Crippen LogP contribution in [0, 0.1) is 0 Å². The first kappa shape index (κ1) is 31.5. The molecule has 10 aromatic rings. The lowest BCUT2D eigenvalue weighted by Gasteiger charge is -2.20. The van der Waals surface area contributed by atoms with Crippen LogP contribution in [-0.2, 0) is 6.42 Å². The number of aromatic nitrogens is 2. The molecule has 2 heteroatoms. The van der Waals surface area contributed by atoms with Gasteiger partial charge in [0.15, 0.2) is 0 Å². The normalized spacial score (nSPS) is 12.5. The van der Waals surface area contributed by atoms with E-state index >= 15 is 0 Å². The van der Waals surface area contributed by atoms with Crippen molar-refractivity contribution in [2.75, 3.05) is 0 Å². The Morgan fingerprint density at radius 3 is 1.95 bits per heavy atom. The molecule has 0 aliphatic heterocycles. The molecular formula is C53H36N2. The standard InChI is InChI=1S/C53H36N2/c1-2-14-38(15-3-1)53-54-49-20-10-11-21-50(49)55(53)44-29-26-37(27-30-44)41-28-31-47-48(34-41)52(43-25-23-36-13-5-7-17-40(36)33-43)46-19-9-8-18-45(46)51(47)42-24-22-35-12-4-6-16-39(35)32-42/h1-3,5-11,13-34H,4,12H2. The number of fused-ring (bicyclic) bond motifs is 5. The van der Waals surface area contributed by atoms with Crippen LogP contribution in [0.15, 0.2) is 188 Å². The Labute approximate surface area is 320 Å². The molecule has 0 atom stereocenters. The van der Waals surface area contributed by atoms with Crippen molar-refractivity contribution in [2.45, 2.75) is 12.8 Å². The van der Waals surface area contributed by atoms with Crippen LogP contribution in [-0.4, -0.2) is 9.55 Å². The molecule has 1 heterocycles. The van der Waals surface area contributed by atoms with E-state index in [0.29, 0.717) is 0 Å². The number of nitrogens with zero attached hydrogens (tertiary/aromatic N) is 2. The molecule has 258 valence electrons. The molecule has 0 amide bonds. The third-order valence-corrected chi connectivity index (χ3v) is 11.4. The zero-order chi connectivity index (χ0) is 36.3. The van der Waals surface area contributed by atoms with E-state index in [4.69, 9.17) is 4.98 Å². The highest BCUT2D eigenvalue weighted by Gasteiger charge is 2.20. The lowest BCUT2D eigenvalue weighted by molar-refractivity contribution is 0.986. The Bertz CT molecular complexity index is 3130. The van der Waals surface area contributed by atoms with Crippen molar-refractivity contribution in [3.8, 4) is 50.5 Å². The van der Waals surface area contributed by atoms with Gasteiger partial charge in [0.2, 0.25) is 0 Å². The van der Waals surface area contributed by atoms with E-state index in [2.05, 4.69) is 199 Å². The van der Waals surface area contributed by atoms with Crippen LogP contribution in [0.4, 0.5) is 0 Å². The summed E-state index contributed by atoms with van der Waals surface area (Å²) in [6, 6.07) is 66.6. The van der Waals surface area contributed by atoms with Gasteiger partial charge >= 0.3 is 0 Å². The summed E-state index contributed by atoms with van der Waals surface area (Å²) >= 11 is 0. The molecule has 0 bridgehead atoms. The molecule has 0 radical (unpaired) electrons. The highest BCUT2D eigenvalue weighted by molar-refractivity contribution is 6.22. The minimum Gasteiger partial charge on any atom is -0.292 e. The van der Waals surface area contributed by atoms with Crippen LogP contribution >= 0.6 is 0 Å². The molecular weight excluding hydrogens is 665 g/mol. The van der Waals surface area contributed by atoms with Gasteiger partial charge < -0.3 is 0 Å². The Kier molecular flexibility index (Phi) is 7.34. The molecule has 0 N–H and O–H groups in total. The molecule has 0 fully saturated rings. The molecule has 0 unspecified atom stereocenters. The topological polar surface area (TPSA) is 17.8 Å². The first-order valence-electron chi connectivity index (χ1n) is 19.2. The third-order valence-electron chi connectivity index (χ3n) is 11.4. The number of rotatable bonds is 5. The molecule has 0 saturated carbocycles. The second-order valence-corrected chi connectivity index (χ2v) is 14.6. The first-order valence-corrected chi connectivity index (χ1v) is 19.2. The van der Waals surface area contributed by atoms with E-state index in [9.17, 15) is 0 Å². The summed E-state index contributed by atoms with van der Waals surface area (Å²) in [5.41, 5.74) is 14.4. The summed E-state index contributed by atoms with van der Waals surface area (Å²) in [7, 11) is 0. The Hall–Kier alpha value is -7.03. The highest BCUT2D eigenvalue weighted by Crippen LogP contribution is 2.46. The molecule has 0 spiro atoms. The smallest absolute Gasteiger partial charge is 0.145 e. The lowest BCUT2D eigenvalue weighted by Crippen LogP contribution is -1.97. The Morgan fingerprint density at radius 2 is 1.09 bits per heavy atom. The zero-order valence-corrected chi connectivity index (χ0v) is 30.3. The predicted molar refractivity (Wildman–Crippen MR) is 233 cm³/mol. The van der Waals surface area contributed by atoms with Gasteiger partial charge in [-0.15, -0.1) is 0 Å². The number of hydrogen-bond donors (Lipinski definition) is 0. The summed E-state index contributed by atoms with van der Waals surface area (Å²) in [5.74, 6) is 0.942. The fourth-order valence-electron chi connectivity index (χ4n) is 8.78. The second-order valence-electron chi connectivity index (χ2n) is 14.6. The van der Waals surface area contributed by atoms with Gasteiger partial charge in [-0.2, -0.15) is 0 Å². The number of aryl methyl sites for hydroxylation is 1. The SMILES string of the molecule is C1=Cc2cc(-c3c4ccccc4c(-c4ccc5ccccc5c4)c4cc(-c5ccc(-n6c(-c7ccccc7)nc7ccccc76)cc5)ccc34)ccc2CC1. The summed E-state index contributed by atoms with van der Waals surface area (Å²) in [5, 5.41) is 7.56. The molecule has 11 rings (SSSR count). The monoisotopic (exact) mass is 700 g/mol. The largest absolute Gasteiger partial charge is 0.292 e. The molecule has 1 aromatic heterocycles. The van der Waals surface area contributed by atoms with Crippen LogP contribution in [0.2, 0.25) is 0 Å². The number of imidazole rings is 1. The van der Waals surface area contributed by atoms with Gasteiger partial charge in [-0.1, -0.05) is 152 Å². The minimum atomic E-state index is 0.942. The van der Waals surface area contributed by atoms with Crippen LogP contribution < -0.4 is 0 Å². The van der Waals surface area contributed by atoms with Crippen molar-refractivity contribution in [3.63, 3.8) is 0 Å². The quantitative estimate of drug-likeness (QED) is 0.163. The molecule has 1 aliphatic carbocycles. The lowest BCUT2D eigenvalue weighted by atomic mass is 9.83. The molecule has 9 aromatic carbocycles. The van der Waals surface area contributed by atoms with Crippen LogP contribution in [0.5, 0.6) is 0 Å². The average Bonchev–Trinajstić information content (AvgIpc) is 3.65. The van der Waals surface area contributed by atoms with Crippen molar-refractivity contribution in [1.29, 1.82) is 0 Å². The highest BCUT2D eigenvalue weighted by atomic mass is 15.1. The molecule has 55 heavy (non-hydrogen) atoms. The maximum Gasteiger partial charge on any atom is 0.145 e. The van der Waals surface area contributed by atoms with Gasteiger partial charge in [-0.3, -0.25) is 4.57 Å². The van der Waals surface area contributed by atoms with E-state index in [1.165, 1.54) is 76.8 Å². The van der Waals surface area contributed by atoms with Crippen molar-refractivity contribution in [3.05, 3.63) is 199 Å². The van der Waals surface area contributed by atoms with Crippen LogP contribution in [0.3, 0.4) is 0 Å². The summed E-state index contributed by atoms with van der Waals surface area (Å²) in [4.78, 5) is 5.07. The number of para-hydroxylation sites is 2. The second kappa shape index (κ2) is 12.8. The van der Waals surface area contributed by atoms with E-state index in [1.807, 2.05) is 0 Å². The van der Waals surface area contributed by atoms with Crippen LogP contribution in [0.1, 0.15) is 17.5 Å². The number of allylic oxidation sites excluding steroid dienone is 1. The number of benzene rings is 9.